The van der Waals surface area contributed by atoms with Gasteiger partial charge in [-0.2, -0.15) is 17.9 Å². The largest absolute Gasteiger partial charge is 0.522 e. The van der Waals surface area contributed by atoms with Crippen LogP contribution in [0.4, 0.5) is 10.5 Å². The minimum absolute atomic E-state index is 0.0845. The molecule has 6 rings (SSSR count). The van der Waals surface area contributed by atoms with Crippen LogP contribution < -0.4 is 0 Å². The molecular formula is C32H38BrN4O8S2+. The predicted octanol–water partition coefficient (Wildman–Crippen LogP) is 5.57. The van der Waals surface area contributed by atoms with Gasteiger partial charge in [0.05, 0.1) is 14.7 Å². The van der Waals surface area contributed by atoms with E-state index in [-0.39, 0.29) is 76.3 Å². The molecular weight excluding hydrogens is 712 g/mol. The number of nitro benzene ring substituents is 1. The number of hydrogen-bond acceptors (Lipinski definition) is 8. The van der Waals surface area contributed by atoms with Crippen LogP contribution in [0, 0.1) is 15.5 Å². The summed E-state index contributed by atoms with van der Waals surface area (Å²) in [4.78, 5) is 25.0. The number of quaternary nitrogens is 1. The van der Waals surface area contributed by atoms with Crippen molar-refractivity contribution in [2.45, 2.75) is 67.8 Å². The van der Waals surface area contributed by atoms with E-state index in [9.17, 15) is 31.7 Å². The lowest BCUT2D eigenvalue weighted by atomic mass is 9.79. The number of amides is 1. The van der Waals surface area contributed by atoms with Crippen LogP contribution in [0.5, 0.6) is 0 Å². The molecule has 252 valence electrons. The zero-order chi connectivity index (χ0) is 33.8. The van der Waals surface area contributed by atoms with E-state index in [1.807, 2.05) is 0 Å². The Hall–Kier alpha value is -2.95. The first-order valence-corrected chi connectivity index (χ1v) is 19.3. The number of piperidine rings is 2. The fourth-order valence-electron chi connectivity index (χ4n) is 7.58. The van der Waals surface area contributed by atoms with Crippen LogP contribution in [0.1, 0.15) is 46.0 Å². The lowest BCUT2D eigenvalue weighted by Crippen LogP contribution is -2.69. The molecule has 2 aromatic carbocycles. The first kappa shape index (κ1) is 33.9. The zero-order valence-electron chi connectivity index (χ0n) is 26.2. The second-order valence-corrected chi connectivity index (χ2v) is 18.1. The molecule has 12 nitrogen and oxygen atoms in total. The minimum Gasteiger partial charge on any atom is -0.415 e. The number of fused-ring (bicyclic) bond motifs is 1. The standard InChI is InChI=1S/C32H38BrN4O8S2/c1-32(2)15-10-30-23(21-32)22-45-31(38)37(30,26-11-16-34(17-12-26)46(41,42)28-8-6-24(33)7-9-28)27-13-18-35(19-14-27)47(43,44)29-5-3-4-25(20-29)36(39)40/h3-10,20-21,26-27H,11-19,22H2,1-2H3/q+1. The van der Waals surface area contributed by atoms with E-state index in [4.69, 9.17) is 4.74 Å². The fraction of sp³-hybridized carbons (Fsp3) is 0.469. The number of sulfonamides is 2. The van der Waals surface area contributed by atoms with Gasteiger partial charge < -0.3 is 4.74 Å². The monoisotopic (exact) mass is 749 g/mol. The molecule has 1 unspecified atom stereocenters. The zero-order valence-corrected chi connectivity index (χ0v) is 29.5. The number of allylic oxidation sites excluding steroid dienone is 2. The molecule has 2 aromatic rings. The van der Waals surface area contributed by atoms with Crippen molar-refractivity contribution < 1.29 is 35.8 Å². The van der Waals surface area contributed by atoms with Gasteiger partial charge in [-0.15, -0.1) is 0 Å². The number of nitrogens with zero attached hydrogens (tertiary/aromatic N) is 4. The van der Waals surface area contributed by atoms with E-state index < -0.39 is 25.0 Å². The first-order valence-electron chi connectivity index (χ1n) is 15.7. The lowest BCUT2D eigenvalue weighted by molar-refractivity contribution is -0.875. The highest BCUT2D eigenvalue weighted by atomic mass is 79.9. The van der Waals surface area contributed by atoms with Crippen LogP contribution in [0.15, 0.2) is 86.2 Å². The van der Waals surface area contributed by atoms with Crippen LogP contribution >= 0.6 is 15.9 Å². The van der Waals surface area contributed by atoms with Gasteiger partial charge in [0.15, 0.2) is 0 Å². The average Bonchev–Trinajstić information content (AvgIpc) is 3.05. The van der Waals surface area contributed by atoms with Gasteiger partial charge in [-0.25, -0.2) is 16.8 Å². The maximum absolute atomic E-state index is 14.2. The van der Waals surface area contributed by atoms with Crippen LogP contribution in [-0.4, -0.2) is 85.8 Å². The topological polar surface area (TPSA) is 144 Å². The van der Waals surface area contributed by atoms with Crippen molar-refractivity contribution in [2.24, 2.45) is 5.41 Å². The molecule has 3 fully saturated rings. The Bertz CT molecular complexity index is 1860. The molecule has 3 heterocycles. The first-order chi connectivity index (χ1) is 22.2. The Morgan fingerprint density at radius 3 is 2.00 bits per heavy atom. The second kappa shape index (κ2) is 12.5. The Morgan fingerprint density at radius 1 is 0.894 bits per heavy atom. The number of benzene rings is 2. The number of carbonyl (C=O) groups is 1. The molecule has 0 N–H and O–H groups in total. The molecule has 0 aromatic heterocycles. The van der Waals surface area contributed by atoms with E-state index >= 15 is 0 Å². The summed E-state index contributed by atoms with van der Waals surface area (Å²) >= 11 is 3.35. The van der Waals surface area contributed by atoms with Crippen molar-refractivity contribution >= 4 is 47.8 Å². The number of rotatable bonds is 7. The molecule has 0 spiro atoms. The number of nitro groups is 1. The van der Waals surface area contributed by atoms with Crippen molar-refractivity contribution in [3.63, 3.8) is 0 Å². The van der Waals surface area contributed by atoms with E-state index in [1.54, 1.807) is 24.3 Å². The third-order valence-electron chi connectivity index (χ3n) is 9.88. The number of cyclic esters (lactones) is 1. The third kappa shape index (κ3) is 6.10. The molecule has 15 heteroatoms. The lowest BCUT2D eigenvalue weighted by Gasteiger charge is -2.53. The Morgan fingerprint density at radius 2 is 1.45 bits per heavy atom. The smallest absolute Gasteiger partial charge is 0.415 e. The molecule has 1 aliphatic carbocycles. The number of carbonyl (C=O) groups excluding carboxylic acids is 1. The van der Waals surface area contributed by atoms with Crippen molar-refractivity contribution in [2.75, 3.05) is 32.8 Å². The normalized spacial score (nSPS) is 25.0. The van der Waals surface area contributed by atoms with Crippen LogP contribution in [0.3, 0.4) is 0 Å². The van der Waals surface area contributed by atoms with Gasteiger partial charge >= 0.3 is 6.09 Å². The Labute approximate surface area is 283 Å². The molecule has 4 aliphatic rings. The van der Waals surface area contributed by atoms with E-state index in [1.165, 1.54) is 26.8 Å². The molecule has 0 radical (unpaired) electrons. The van der Waals surface area contributed by atoms with Crippen LogP contribution in [0.25, 0.3) is 0 Å². The van der Waals surface area contributed by atoms with Gasteiger partial charge in [-0.1, -0.05) is 41.9 Å². The highest BCUT2D eigenvalue weighted by Crippen LogP contribution is 2.47. The molecule has 0 saturated carbocycles. The molecule has 3 aliphatic heterocycles. The van der Waals surface area contributed by atoms with E-state index in [0.29, 0.717) is 25.7 Å². The van der Waals surface area contributed by atoms with Crippen LogP contribution in [-0.2, 0) is 24.8 Å². The third-order valence-corrected chi connectivity index (χ3v) is 14.2. The summed E-state index contributed by atoms with van der Waals surface area (Å²) in [5.41, 5.74) is 1.39. The maximum Gasteiger partial charge on any atom is 0.522 e. The van der Waals surface area contributed by atoms with Gasteiger partial charge in [0, 0.05) is 74.0 Å². The summed E-state index contributed by atoms with van der Waals surface area (Å²) < 4.78 is 63.6. The van der Waals surface area contributed by atoms with E-state index in [2.05, 4.69) is 41.9 Å². The highest BCUT2D eigenvalue weighted by Gasteiger charge is 2.60. The Balaban J connectivity index is 1.30. The number of hydrogen-bond donors (Lipinski definition) is 0. The number of non-ortho nitro benzene ring substituents is 1. The van der Waals surface area contributed by atoms with Gasteiger partial charge in [-0.05, 0) is 48.2 Å². The minimum atomic E-state index is -4.02. The number of halogens is 1. The molecule has 1 amide bonds. The molecule has 47 heavy (non-hydrogen) atoms. The summed E-state index contributed by atoms with van der Waals surface area (Å²) in [6.45, 7) is 5.12. The summed E-state index contributed by atoms with van der Waals surface area (Å²) in [6, 6.07) is 11.0. The molecule has 0 bridgehead atoms. The molecule has 3 saturated heterocycles. The summed E-state index contributed by atoms with van der Waals surface area (Å²) in [5, 5.41) is 11.3. The second-order valence-electron chi connectivity index (χ2n) is 13.3. The van der Waals surface area contributed by atoms with Gasteiger partial charge in [0.25, 0.3) is 5.69 Å². The summed E-state index contributed by atoms with van der Waals surface area (Å²) in [7, 11) is -7.76. The Kier molecular flexibility index (Phi) is 9.02. The quantitative estimate of drug-likeness (QED) is 0.203. The van der Waals surface area contributed by atoms with E-state index in [0.717, 1.165) is 28.2 Å². The summed E-state index contributed by atoms with van der Waals surface area (Å²) in [6.07, 6.45) is 6.18. The average molecular weight is 751 g/mol. The van der Waals surface area contributed by atoms with Gasteiger partial charge in [0.1, 0.15) is 24.4 Å². The SMILES string of the molecule is CC1(C)C=C2COC(=O)[N+](C3CCN(S(=O)(=O)c4ccc(Br)cc4)CC3)(C3CCN(S(=O)(=O)c4cccc([N+](=O)[O-])c4)CC3)C2=CC1. The van der Waals surface area contributed by atoms with Crippen molar-refractivity contribution in [1.29, 1.82) is 0 Å². The van der Waals surface area contributed by atoms with Crippen molar-refractivity contribution in [1.82, 2.24) is 8.61 Å². The van der Waals surface area contributed by atoms with Gasteiger partial charge in [0.2, 0.25) is 20.0 Å². The van der Waals surface area contributed by atoms with Gasteiger partial charge in [-0.3, -0.25) is 10.1 Å². The van der Waals surface area contributed by atoms with Crippen molar-refractivity contribution in [3.8, 4) is 0 Å². The summed E-state index contributed by atoms with van der Waals surface area (Å²) in [5.74, 6) is 0. The maximum atomic E-state index is 14.2. The fourth-order valence-corrected chi connectivity index (χ4v) is 10.8. The van der Waals surface area contributed by atoms with Crippen LogP contribution in [0.2, 0.25) is 0 Å². The highest BCUT2D eigenvalue weighted by molar-refractivity contribution is 9.10. The predicted molar refractivity (Wildman–Crippen MR) is 177 cm³/mol. The molecule has 1 atom stereocenters. The number of ether oxygens (including phenoxy) is 1. The van der Waals surface area contributed by atoms with Crippen molar-refractivity contribution in [3.05, 3.63) is 86.5 Å².